The minimum Gasteiger partial charge on any atom is -0.311 e. The molecule has 3 aliphatic rings. The maximum Gasteiger partial charge on any atom is 0.343 e. The maximum absolute atomic E-state index is 9.87. The van der Waals surface area contributed by atoms with E-state index in [9.17, 15) is 10.5 Å². The van der Waals surface area contributed by atoms with Crippen LogP contribution in [0, 0.1) is 38.9 Å². The number of fused-ring (bicyclic) bond motifs is 2. The van der Waals surface area contributed by atoms with E-state index in [2.05, 4.69) is 24.1 Å². The van der Waals surface area contributed by atoms with Gasteiger partial charge >= 0.3 is 5.91 Å². The number of hydrogen-bond donors (Lipinski definition) is 2. The van der Waals surface area contributed by atoms with E-state index in [4.69, 9.17) is 15.2 Å². The molecule has 6 heteroatoms. The Morgan fingerprint density at radius 2 is 1.95 bits per heavy atom. The summed E-state index contributed by atoms with van der Waals surface area (Å²) < 4.78 is 11.4. The number of ether oxygens (including phenoxy) is 2. The molecule has 3 N–H and O–H groups in total. The Bertz CT molecular complexity index is 569. The second-order valence-electron chi connectivity index (χ2n) is 6.01. The van der Waals surface area contributed by atoms with Gasteiger partial charge in [0.1, 0.15) is 0 Å². The molecule has 1 saturated carbocycles. The van der Waals surface area contributed by atoms with Crippen molar-refractivity contribution in [2.24, 2.45) is 22.0 Å². The zero-order valence-electron chi connectivity index (χ0n) is 11.8. The van der Waals surface area contributed by atoms with E-state index in [0.29, 0.717) is 19.0 Å². The fraction of sp³-hybridized carbons (Fsp3) is 0.786. The second kappa shape index (κ2) is 3.72. The Morgan fingerprint density at radius 3 is 2.45 bits per heavy atom. The Hall–Kier alpha value is -1.63. The number of nitrogens with zero attached hydrogens (tertiary/aromatic N) is 2. The highest BCUT2D eigenvalue weighted by Gasteiger charge is 3.02. The van der Waals surface area contributed by atoms with Crippen molar-refractivity contribution >= 4 is 5.84 Å². The van der Waals surface area contributed by atoms with Crippen molar-refractivity contribution in [1.82, 2.24) is 0 Å². The van der Waals surface area contributed by atoms with Gasteiger partial charge < -0.3 is 9.47 Å². The summed E-state index contributed by atoms with van der Waals surface area (Å²) in [6.45, 7) is 4.84. The van der Waals surface area contributed by atoms with E-state index in [1.807, 2.05) is 6.92 Å². The molecule has 3 atom stereocenters. The highest BCUT2D eigenvalue weighted by Crippen LogP contribution is 2.84. The van der Waals surface area contributed by atoms with Gasteiger partial charge in [-0.25, -0.2) is 4.99 Å². The number of rotatable bonds is 3. The van der Waals surface area contributed by atoms with E-state index in [0.717, 1.165) is 19.3 Å². The number of amidine groups is 1. The summed E-state index contributed by atoms with van der Waals surface area (Å²) in [6, 6.07) is 4.63. The van der Waals surface area contributed by atoms with Crippen LogP contribution in [0.2, 0.25) is 0 Å². The fourth-order valence-corrected chi connectivity index (χ4v) is 4.41. The average Bonchev–Trinajstić information content (AvgIpc) is 2.75. The first-order valence-corrected chi connectivity index (χ1v) is 7.03. The number of nitrogens with one attached hydrogen (secondary N) is 1. The monoisotopic (exact) mass is 275 g/mol. The lowest BCUT2D eigenvalue weighted by atomic mass is 9.87. The molecule has 1 aliphatic carbocycles. The van der Waals surface area contributed by atoms with Crippen LogP contribution in [0.1, 0.15) is 33.1 Å². The first-order valence-electron chi connectivity index (χ1n) is 7.03. The van der Waals surface area contributed by atoms with Gasteiger partial charge in [-0.05, 0) is 6.42 Å². The third-order valence-corrected chi connectivity index (χ3v) is 5.41. The molecule has 20 heavy (non-hydrogen) atoms. The molecule has 6 nitrogen and oxygen atoms in total. The molecule has 0 aromatic heterocycles. The number of nitriles is 2. The van der Waals surface area contributed by atoms with Crippen molar-refractivity contribution in [1.29, 1.82) is 10.5 Å². The van der Waals surface area contributed by atoms with Crippen molar-refractivity contribution in [2.45, 2.75) is 39.0 Å². The van der Waals surface area contributed by atoms with Crippen LogP contribution in [-0.4, -0.2) is 25.0 Å². The molecule has 0 aromatic rings. The van der Waals surface area contributed by atoms with Gasteiger partial charge in [0, 0.05) is 5.41 Å². The molecule has 1 spiro atoms. The first kappa shape index (κ1) is 13.4. The molecule has 0 unspecified atom stereocenters. The summed E-state index contributed by atoms with van der Waals surface area (Å²) in [5, 5.41) is 19.6. The third-order valence-electron chi connectivity index (χ3n) is 5.41. The number of nitrogens with two attached hydrogens (primary N) is 1. The Labute approximate surface area is 118 Å². The Morgan fingerprint density at radius 1 is 1.30 bits per heavy atom. The zero-order valence-corrected chi connectivity index (χ0v) is 11.8. The molecule has 106 valence electrons. The first-order chi connectivity index (χ1) is 9.52. The largest absolute Gasteiger partial charge is 0.343 e. The Kier molecular flexibility index (Phi) is 2.48. The van der Waals surface area contributed by atoms with E-state index >= 15 is 0 Å². The molecule has 0 aromatic carbocycles. The van der Waals surface area contributed by atoms with Gasteiger partial charge in [0.15, 0.2) is 10.8 Å². The second-order valence-corrected chi connectivity index (χ2v) is 6.01. The molecule has 0 amide bonds. The summed E-state index contributed by atoms with van der Waals surface area (Å²) in [4.78, 5) is 2.95. The highest BCUT2D eigenvalue weighted by molar-refractivity contribution is 5.94. The van der Waals surface area contributed by atoms with E-state index in [1.165, 1.54) is 0 Å². The van der Waals surface area contributed by atoms with Gasteiger partial charge in [0.05, 0.1) is 25.4 Å². The van der Waals surface area contributed by atoms with Gasteiger partial charge in [-0.15, -0.1) is 0 Å². The minimum absolute atomic E-state index is 0.307. The van der Waals surface area contributed by atoms with Crippen LogP contribution in [0.3, 0.4) is 0 Å². The SMILES string of the molecule is CCCC[C@@]1(C)[C@]2(C#N)C(N)=[NH+]C3(OCCO3)[C@]12C#N. The lowest BCUT2D eigenvalue weighted by molar-refractivity contribution is -0.678. The van der Waals surface area contributed by atoms with Gasteiger partial charge in [-0.2, -0.15) is 10.5 Å². The van der Waals surface area contributed by atoms with Crippen LogP contribution in [0.25, 0.3) is 0 Å². The molecule has 1 saturated heterocycles. The number of hydrogen-bond acceptors (Lipinski definition) is 5. The van der Waals surface area contributed by atoms with E-state index < -0.39 is 22.2 Å². The van der Waals surface area contributed by atoms with Crippen molar-refractivity contribution < 1.29 is 14.5 Å². The fourth-order valence-electron chi connectivity index (χ4n) is 4.41. The van der Waals surface area contributed by atoms with Crippen molar-refractivity contribution in [3.05, 3.63) is 0 Å². The lowest BCUT2D eigenvalue weighted by Gasteiger charge is -2.26. The highest BCUT2D eigenvalue weighted by atomic mass is 16.8. The van der Waals surface area contributed by atoms with Crippen molar-refractivity contribution in [3.8, 4) is 12.1 Å². The summed E-state index contributed by atoms with van der Waals surface area (Å²) in [7, 11) is 0. The van der Waals surface area contributed by atoms with Gasteiger partial charge in [-0.1, -0.05) is 26.7 Å². The van der Waals surface area contributed by atoms with E-state index in [-0.39, 0.29) is 0 Å². The van der Waals surface area contributed by atoms with Gasteiger partial charge in [0.25, 0.3) is 5.84 Å². The zero-order chi connectivity index (χ0) is 14.6. The number of unbranched alkanes of at least 4 members (excludes halogenated alkanes) is 1. The Balaban J connectivity index is 2.16. The van der Waals surface area contributed by atoms with Crippen LogP contribution in [-0.2, 0) is 9.47 Å². The molecule has 0 radical (unpaired) electrons. The smallest absolute Gasteiger partial charge is 0.311 e. The van der Waals surface area contributed by atoms with Crippen LogP contribution < -0.4 is 10.7 Å². The predicted octanol–water partition coefficient (Wildman–Crippen LogP) is -0.632. The van der Waals surface area contributed by atoms with Crippen molar-refractivity contribution in [2.75, 3.05) is 13.2 Å². The molecular weight excluding hydrogens is 256 g/mol. The molecule has 2 fully saturated rings. The quantitative estimate of drug-likeness (QED) is 0.713. The molecule has 2 aliphatic heterocycles. The minimum atomic E-state index is -1.26. The third kappa shape index (κ3) is 0.963. The topological polar surface area (TPSA) is 106 Å². The molecule has 0 bridgehead atoms. The van der Waals surface area contributed by atoms with Crippen molar-refractivity contribution in [3.63, 3.8) is 0 Å². The standard InChI is InChI=1S/C14H18N4O2/c1-3-4-5-11(2)12(8-15)10(17)18-14(13(11,12)9-16)19-6-7-20-14/h3-7H2,1-2H3,(H2,17,18)/p+1/t11-,12-,13+/m0/s1. The molecule has 3 rings (SSSR count). The molecular formula is C14H19N4O2+. The molecule has 2 heterocycles. The van der Waals surface area contributed by atoms with E-state index in [1.54, 1.807) is 0 Å². The predicted molar refractivity (Wildman–Crippen MR) is 68.5 cm³/mol. The van der Waals surface area contributed by atoms with Crippen LogP contribution >= 0.6 is 0 Å². The summed E-state index contributed by atoms with van der Waals surface area (Å²) in [5.41, 5.74) is 3.45. The maximum atomic E-state index is 9.87. The lowest BCUT2D eigenvalue weighted by Crippen LogP contribution is -2.90. The van der Waals surface area contributed by atoms with Gasteiger partial charge in [0.2, 0.25) is 0 Å². The van der Waals surface area contributed by atoms with Crippen LogP contribution in [0.15, 0.2) is 0 Å². The summed E-state index contributed by atoms with van der Waals surface area (Å²) >= 11 is 0. The van der Waals surface area contributed by atoms with Crippen LogP contribution in [0.4, 0.5) is 0 Å². The summed E-state index contributed by atoms with van der Waals surface area (Å²) in [5.74, 6) is -0.952. The average molecular weight is 275 g/mol. The normalized spacial score (nSPS) is 43.7. The van der Waals surface area contributed by atoms with Gasteiger partial charge in [-0.3, -0.25) is 5.73 Å². The van der Waals surface area contributed by atoms with Crippen LogP contribution in [0.5, 0.6) is 0 Å². The summed E-state index contributed by atoms with van der Waals surface area (Å²) in [6.07, 6.45) is 2.69.